The standard InChI is InChI=1S/C45H36BN/c1-28-11-9-19-40-43(28)46-39-18-8-6-15-35(39)42(30-12-3-2-4-13-30)36-16-10-20-41(44(36)46)47(40)32-23-24-34-33-14-5-7-17-37(33)45(38(34)26-32)27-29-21-22-31(45)25-29/h2-20,23-24,26,29,31,42H,21-22,25,27H2,1H3/t29-,31+,42?,45+/m0/s1. The van der Waals surface area contributed by atoms with Crippen LogP contribution < -0.4 is 21.3 Å². The molecule has 11 rings (SSSR count). The van der Waals surface area contributed by atoms with E-state index in [2.05, 4.69) is 145 Å². The summed E-state index contributed by atoms with van der Waals surface area (Å²) >= 11 is 0. The molecule has 0 saturated heterocycles. The topological polar surface area (TPSA) is 3.24 Å². The molecule has 224 valence electrons. The second-order valence-electron chi connectivity index (χ2n) is 14.9. The molecule has 6 aromatic rings. The highest BCUT2D eigenvalue weighted by atomic mass is 15.2. The fraction of sp³-hybridized carbons (Fsp3) is 0.200. The van der Waals surface area contributed by atoms with Crippen LogP contribution in [0.1, 0.15) is 65.0 Å². The summed E-state index contributed by atoms with van der Waals surface area (Å²) in [5.41, 5.74) is 20.2. The maximum atomic E-state index is 2.62. The predicted molar refractivity (Wildman–Crippen MR) is 196 cm³/mol. The summed E-state index contributed by atoms with van der Waals surface area (Å²) in [5, 5.41) is 0. The summed E-state index contributed by atoms with van der Waals surface area (Å²) in [7, 11) is 0. The van der Waals surface area contributed by atoms with E-state index in [0.29, 0.717) is 0 Å². The quantitative estimate of drug-likeness (QED) is 0.179. The summed E-state index contributed by atoms with van der Waals surface area (Å²) < 4.78 is 0. The minimum Gasteiger partial charge on any atom is -0.311 e. The van der Waals surface area contributed by atoms with Gasteiger partial charge in [0.15, 0.2) is 0 Å². The Hall–Kier alpha value is -4.82. The Balaban J connectivity index is 1.18. The lowest BCUT2D eigenvalue weighted by molar-refractivity contribution is 0.327. The van der Waals surface area contributed by atoms with Crippen LogP contribution in [0.4, 0.5) is 17.1 Å². The van der Waals surface area contributed by atoms with Gasteiger partial charge in [0.1, 0.15) is 0 Å². The molecule has 5 aliphatic rings. The van der Waals surface area contributed by atoms with Gasteiger partial charge in [0.2, 0.25) is 6.71 Å². The van der Waals surface area contributed by atoms with E-state index in [-0.39, 0.29) is 18.0 Å². The Labute approximate surface area is 278 Å². The molecule has 47 heavy (non-hydrogen) atoms. The van der Waals surface area contributed by atoms with Gasteiger partial charge in [0, 0.05) is 28.4 Å². The van der Waals surface area contributed by atoms with Crippen LogP contribution in [0, 0.1) is 18.8 Å². The van der Waals surface area contributed by atoms with E-state index >= 15 is 0 Å². The highest BCUT2D eigenvalue weighted by Crippen LogP contribution is 2.66. The summed E-state index contributed by atoms with van der Waals surface area (Å²) in [6.45, 7) is 2.53. The summed E-state index contributed by atoms with van der Waals surface area (Å²) in [5.74, 6) is 1.81. The lowest BCUT2D eigenvalue weighted by Gasteiger charge is -2.43. The zero-order valence-corrected chi connectivity index (χ0v) is 26.8. The molecule has 4 atom stereocenters. The number of anilines is 3. The third-order valence-corrected chi connectivity index (χ3v) is 12.8. The molecule has 0 N–H and O–H groups in total. The SMILES string of the molecule is Cc1cccc2c1B1c3ccccc3C(c3ccccc3)c3cccc(c31)N2c1ccc2c(c1)[C@@]1(C[C@H]3CC[C@@H]1C3)c1ccccc1-2. The van der Waals surface area contributed by atoms with Gasteiger partial charge in [-0.1, -0.05) is 127 Å². The minimum atomic E-state index is 0.159. The summed E-state index contributed by atoms with van der Waals surface area (Å²) in [4.78, 5) is 2.62. The summed E-state index contributed by atoms with van der Waals surface area (Å²) in [6, 6.07) is 51.3. The fourth-order valence-corrected chi connectivity index (χ4v) is 11.2. The molecule has 1 spiro atoms. The van der Waals surface area contributed by atoms with E-state index < -0.39 is 0 Å². The number of rotatable bonds is 2. The number of benzene rings is 6. The van der Waals surface area contributed by atoms with Gasteiger partial charge in [0.25, 0.3) is 0 Å². The first-order chi connectivity index (χ1) is 23.2. The second-order valence-corrected chi connectivity index (χ2v) is 14.9. The molecular formula is C45H36BN. The first-order valence-corrected chi connectivity index (χ1v) is 17.6. The first kappa shape index (κ1) is 26.3. The summed E-state index contributed by atoms with van der Waals surface area (Å²) in [6.07, 6.45) is 5.46. The molecule has 1 unspecified atom stereocenters. The van der Waals surface area contributed by atoms with Crippen LogP contribution >= 0.6 is 0 Å². The lowest BCUT2D eigenvalue weighted by Crippen LogP contribution is -2.62. The van der Waals surface area contributed by atoms with E-state index in [1.165, 1.54) is 92.5 Å². The van der Waals surface area contributed by atoms with Gasteiger partial charge in [0.05, 0.1) is 0 Å². The maximum absolute atomic E-state index is 2.62. The molecule has 0 amide bonds. The molecule has 2 fully saturated rings. The zero-order valence-electron chi connectivity index (χ0n) is 26.8. The van der Waals surface area contributed by atoms with E-state index in [0.717, 1.165) is 11.8 Å². The van der Waals surface area contributed by atoms with Crippen molar-refractivity contribution < 1.29 is 0 Å². The number of hydrogen-bond acceptors (Lipinski definition) is 1. The number of hydrogen-bond donors (Lipinski definition) is 0. The van der Waals surface area contributed by atoms with Crippen molar-refractivity contribution in [2.45, 2.75) is 43.9 Å². The van der Waals surface area contributed by atoms with Crippen molar-refractivity contribution in [3.63, 3.8) is 0 Å². The van der Waals surface area contributed by atoms with Gasteiger partial charge in [-0.2, -0.15) is 0 Å². The zero-order chi connectivity index (χ0) is 30.9. The van der Waals surface area contributed by atoms with E-state index in [1.54, 1.807) is 11.1 Å². The molecule has 3 aliphatic carbocycles. The Morgan fingerprint density at radius 1 is 0.638 bits per heavy atom. The van der Waals surface area contributed by atoms with Crippen molar-refractivity contribution in [2.24, 2.45) is 11.8 Å². The van der Waals surface area contributed by atoms with Crippen LogP contribution in [-0.2, 0) is 5.41 Å². The van der Waals surface area contributed by atoms with Crippen molar-refractivity contribution >= 4 is 40.2 Å². The van der Waals surface area contributed by atoms with Gasteiger partial charge in [-0.25, -0.2) is 0 Å². The van der Waals surface area contributed by atoms with Crippen molar-refractivity contribution in [3.8, 4) is 11.1 Å². The molecule has 6 aromatic carbocycles. The van der Waals surface area contributed by atoms with Gasteiger partial charge in [-0.15, -0.1) is 0 Å². The predicted octanol–water partition coefficient (Wildman–Crippen LogP) is 8.87. The molecule has 2 heteroatoms. The number of nitrogens with zero attached hydrogens (tertiary/aromatic N) is 1. The van der Waals surface area contributed by atoms with E-state index in [4.69, 9.17) is 0 Å². The van der Waals surface area contributed by atoms with Crippen molar-refractivity contribution in [2.75, 3.05) is 4.90 Å². The van der Waals surface area contributed by atoms with Crippen molar-refractivity contribution in [1.82, 2.24) is 0 Å². The minimum absolute atomic E-state index is 0.159. The average Bonchev–Trinajstić information content (AvgIpc) is 3.81. The molecule has 2 heterocycles. The lowest BCUT2D eigenvalue weighted by atomic mass is 9.30. The molecule has 2 aliphatic heterocycles. The monoisotopic (exact) mass is 601 g/mol. The maximum Gasteiger partial charge on any atom is 0.247 e. The van der Waals surface area contributed by atoms with E-state index in [9.17, 15) is 0 Å². The largest absolute Gasteiger partial charge is 0.311 e. The number of aryl methyl sites for hydroxylation is 1. The Morgan fingerprint density at radius 3 is 2.23 bits per heavy atom. The Bertz CT molecular complexity index is 2270. The first-order valence-electron chi connectivity index (χ1n) is 17.6. The molecular weight excluding hydrogens is 565 g/mol. The molecule has 1 nitrogen and oxygen atoms in total. The van der Waals surface area contributed by atoms with Gasteiger partial charge >= 0.3 is 0 Å². The molecule has 2 bridgehead atoms. The smallest absolute Gasteiger partial charge is 0.247 e. The van der Waals surface area contributed by atoms with Crippen LogP contribution in [0.2, 0.25) is 0 Å². The van der Waals surface area contributed by atoms with Gasteiger partial charge in [-0.05, 0) is 112 Å². The van der Waals surface area contributed by atoms with Crippen LogP contribution in [0.3, 0.4) is 0 Å². The number of fused-ring (bicyclic) bond motifs is 12. The van der Waals surface area contributed by atoms with E-state index in [1.807, 2.05) is 0 Å². The third-order valence-electron chi connectivity index (χ3n) is 12.8. The highest BCUT2D eigenvalue weighted by molar-refractivity contribution is 6.99. The average molecular weight is 602 g/mol. The Morgan fingerprint density at radius 2 is 1.38 bits per heavy atom. The fourth-order valence-electron chi connectivity index (χ4n) is 11.2. The van der Waals surface area contributed by atoms with Crippen molar-refractivity contribution in [1.29, 1.82) is 0 Å². The normalized spacial score (nSPS) is 23.7. The van der Waals surface area contributed by atoms with Gasteiger partial charge in [-0.3, -0.25) is 0 Å². The van der Waals surface area contributed by atoms with Crippen LogP contribution in [0.15, 0.2) is 133 Å². The van der Waals surface area contributed by atoms with Crippen LogP contribution in [0.25, 0.3) is 11.1 Å². The second kappa shape index (κ2) is 9.38. The Kier molecular flexibility index (Phi) is 5.25. The van der Waals surface area contributed by atoms with Crippen molar-refractivity contribution in [3.05, 3.63) is 167 Å². The molecule has 2 saturated carbocycles. The van der Waals surface area contributed by atoms with Crippen LogP contribution in [0.5, 0.6) is 0 Å². The molecule has 0 radical (unpaired) electrons. The van der Waals surface area contributed by atoms with Crippen LogP contribution in [-0.4, -0.2) is 6.71 Å². The highest BCUT2D eigenvalue weighted by Gasteiger charge is 2.57. The van der Waals surface area contributed by atoms with Gasteiger partial charge < -0.3 is 4.90 Å². The molecule has 0 aromatic heterocycles. The third kappa shape index (κ3) is 3.31.